The molecular weight excluding hydrogens is 202 g/mol. The summed E-state index contributed by atoms with van der Waals surface area (Å²) in [6, 6.07) is 9.77. The molecule has 0 aliphatic carbocycles. The molecule has 0 fully saturated rings. The molecule has 2 N–H and O–H groups in total. The lowest BCUT2D eigenvalue weighted by molar-refractivity contribution is -0.144. The number of carbonyl (C=O) groups excluding carboxylic acids is 1. The van der Waals surface area contributed by atoms with E-state index in [0.717, 1.165) is 19.3 Å². The van der Waals surface area contributed by atoms with Crippen molar-refractivity contribution in [1.82, 2.24) is 0 Å². The standard InChI is InChI=1S/C13H19NO2/c1-11(14)13(15)16-10-6-5-9-12-7-3-2-4-8-12/h2-4,7-8,11H,5-6,9-10,14H2,1H3/t11-/m0/s1. The lowest BCUT2D eigenvalue weighted by Gasteiger charge is -2.06. The summed E-state index contributed by atoms with van der Waals surface area (Å²) in [7, 11) is 0. The second-order valence-electron chi connectivity index (χ2n) is 3.90. The van der Waals surface area contributed by atoms with Gasteiger partial charge >= 0.3 is 5.97 Å². The number of ether oxygens (including phenoxy) is 1. The molecule has 3 heteroatoms. The van der Waals surface area contributed by atoms with Crippen LogP contribution in [0, 0.1) is 0 Å². The van der Waals surface area contributed by atoms with Gasteiger partial charge in [0.05, 0.1) is 6.61 Å². The van der Waals surface area contributed by atoms with Gasteiger partial charge in [-0.3, -0.25) is 4.79 Å². The Hall–Kier alpha value is -1.35. The topological polar surface area (TPSA) is 52.3 Å². The molecule has 1 aromatic carbocycles. The first-order chi connectivity index (χ1) is 7.70. The fourth-order valence-corrected chi connectivity index (χ4v) is 1.38. The van der Waals surface area contributed by atoms with Crippen LogP contribution in [0.25, 0.3) is 0 Å². The average Bonchev–Trinajstić information content (AvgIpc) is 2.29. The zero-order valence-electron chi connectivity index (χ0n) is 9.69. The highest BCUT2D eigenvalue weighted by Crippen LogP contribution is 2.04. The molecule has 0 aliphatic heterocycles. The summed E-state index contributed by atoms with van der Waals surface area (Å²) in [5, 5.41) is 0. The minimum Gasteiger partial charge on any atom is -0.465 e. The first-order valence-electron chi connectivity index (χ1n) is 5.66. The molecular formula is C13H19NO2. The third-order valence-corrected chi connectivity index (χ3v) is 2.32. The van der Waals surface area contributed by atoms with Gasteiger partial charge in [-0.1, -0.05) is 30.3 Å². The quantitative estimate of drug-likeness (QED) is 0.589. The van der Waals surface area contributed by atoms with Gasteiger partial charge in [0, 0.05) is 0 Å². The van der Waals surface area contributed by atoms with Crippen LogP contribution in [0.5, 0.6) is 0 Å². The summed E-state index contributed by atoms with van der Waals surface area (Å²) in [4.78, 5) is 11.0. The van der Waals surface area contributed by atoms with Crippen molar-refractivity contribution in [2.45, 2.75) is 32.2 Å². The summed E-state index contributed by atoms with van der Waals surface area (Å²) in [6.07, 6.45) is 2.93. The van der Waals surface area contributed by atoms with Crippen LogP contribution in [0.3, 0.4) is 0 Å². The molecule has 0 amide bonds. The fourth-order valence-electron chi connectivity index (χ4n) is 1.38. The molecule has 3 nitrogen and oxygen atoms in total. The number of esters is 1. The van der Waals surface area contributed by atoms with Crippen LogP contribution in [0.1, 0.15) is 25.3 Å². The normalized spacial score (nSPS) is 12.1. The number of unbranched alkanes of at least 4 members (excludes halogenated alkanes) is 1. The SMILES string of the molecule is C[C@H](N)C(=O)OCCCCc1ccccc1. The predicted molar refractivity (Wildman–Crippen MR) is 64.0 cm³/mol. The molecule has 0 saturated carbocycles. The zero-order valence-corrected chi connectivity index (χ0v) is 9.69. The van der Waals surface area contributed by atoms with E-state index in [1.54, 1.807) is 6.92 Å². The number of hydrogen-bond acceptors (Lipinski definition) is 3. The van der Waals surface area contributed by atoms with Gasteiger partial charge in [-0.15, -0.1) is 0 Å². The van der Waals surface area contributed by atoms with Crippen molar-refractivity contribution in [3.05, 3.63) is 35.9 Å². The molecule has 0 aliphatic rings. The second kappa shape index (κ2) is 7.01. The van der Waals surface area contributed by atoms with E-state index in [-0.39, 0.29) is 5.97 Å². The molecule has 0 unspecified atom stereocenters. The molecule has 1 atom stereocenters. The molecule has 88 valence electrons. The van der Waals surface area contributed by atoms with E-state index in [2.05, 4.69) is 12.1 Å². The third kappa shape index (κ3) is 4.94. The Kier molecular flexibility index (Phi) is 5.57. The number of hydrogen-bond donors (Lipinski definition) is 1. The van der Waals surface area contributed by atoms with E-state index in [4.69, 9.17) is 10.5 Å². The zero-order chi connectivity index (χ0) is 11.8. The molecule has 0 aromatic heterocycles. The summed E-state index contributed by atoms with van der Waals surface area (Å²) in [5.74, 6) is -0.320. The Balaban J connectivity index is 2.07. The Bertz CT molecular complexity index is 309. The number of rotatable bonds is 6. The maximum Gasteiger partial charge on any atom is 0.322 e. The van der Waals surface area contributed by atoms with Gasteiger partial charge in [0.15, 0.2) is 0 Å². The first kappa shape index (κ1) is 12.7. The molecule has 0 radical (unpaired) electrons. The maximum absolute atomic E-state index is 11.0. The van der Waals surface area contributed by atoms with E-state index < -0.39 is 6.04 Å². The van der Waals surface area contributed by atoms with Crippen molar-refractivity contribution < 1.29 is 9.53 Å². The van der Waals surface area contributed by atoms with Crippen LogP contribution < -0.4 is 5.73 Å². The Morgan fingerprint density at radius 3 is 2.62 bits per heavy atom. The molecule has 0 heterocycles. The number of aryl methyl sites for hydroxylation is 1. The summed E-state index contributed by atoms with van der Waals surface area (Å²) < 4.78 is 4.98. The molecule has 1 aromatic rings. The fraction of sp³-hybridized carbons (Fsp3) is 0.462. The highest BCUT2D eigenvalue weighted by atomic mass is 16.5. The first-order valence-corrected chi connectivity index (χ1v) is 5.66. The molecule has 0 saturated heterocycles. The van der Waals surface area contributed by atoms with E-state index >= 15 is 0 Å². The van der Waals surface area contributed by atoms with Gasteiger partial charge in [0.1, 0.15) is 6.04 Å². The molecule has 0 spiro atoms. The van der Waals surface area contributed by atoms with Crippen LogP contribution >= 0.6 is 0 Å². The second-order valence-corrected chi connectivity index (χ2v) is 3.90. The number of nitrogens with two attached hydrogens (primary N) is 1. The smallest absolute Gasteiger partial charge is 0.322 e. The lowest BCUT2D eigenvalue weighted by Crippen LogP contribution is -2.28. The van der Waals surface area contributed by atoms with Gasteiger partial charge in [-0.05, 0) is 31.7 Å². The van der Waals surface area contributed by atoms with Gasteiger partial charge in [-0.25, -0.2) is 0 Å². The Morgan fingerprint density at radius 2 is 2.00 bits per heavy atom. The number of benzene rings is 1. The molecule has 1 rings (SSSR count). The predicted octanol–water partition coefficient (Wildman–Crippen LogP) is 1.90. The van der Waals surface area contributed by atoms with Crippen molar-refractivity contribution in [1.29, 1.82) is 0 Å². The van der Waals surface area contributed by atoms with E-state index in [1.165, 1.54) is 5.56 Å². The van der Waals surface area contributed by atoms with Gasteiger partial charge < -0.3 is 10.5 Å². The van der Waals surface area contributed by atoms with Crippen molar-refractivity contribution in [2.75, 3.05) is 6.61 Å². The van der Waals surface area contributed by atoms with E-state index in [0.29, 0.717) is 6.61 Å². The average molecular weight is 221 g/mol. The minimum absolute atomic E-state index is 0.320. The molecule has 0 bridgehead atoms. The highest BCUT2D eigenvalue weighted by molar-refractivity contribution is 5.74. The minimum atomic E-state index is -0.519. The van der Waals surface area contributed by atoms with Gasteiger partial charge in [0.2, 0.25) is 0 Å². The van der Waals surface area contributed by atoms with Crippen LogP contribution in [-0.4, -0.2) is 18.6 Å². The molecule has 16 heavy (non-hydrogen) atoms. The van der Waals surface area contributed by atoms with Crippen molar-refractivity contribution in [3.63, 3.8) is 0 Å². The van der Waals surface area contributed by atoms with Crippen LogP contribution in [0.2, 0.25) is 0 Å². The van der Waals surface area contributed by atoms with Crippen LogP contribution in [0.4, 0.5) is 0 Å². The van der Waals surface area contributed by atoms with Crippen LogP contribution in [0.15, 0.2) is 30.3 Å². The monoisotopic (exact) mass is 221 g/mol. The highest BCUT2D eigenvalue weighted by Gasteiger charge is 2.07. The Labute approximate surface area is 96.6 Å². The van der Waals surface area contributed by atoms with Crippen LogP contribution in [-0.2, 0) is 16.0 Å². The van der Waals surface area contributed by atoms with Gasteiger partial charge in [0.25, 0.3) is 0 Å². The third-order valence-electron chi connectivity index (χ3n) is 2.32. The summed E-state index contributed by atoms with van der Waals surface area (Å²) in [6.45, 7) is 2.10. The summed E-state index contributed by atoms with van der Waals surface area (Å²) in [5.41, 5.74) is 6.69. The van der Waals surface area contributed by atoms with E-state index in [1.807, 2.05) is 18.2 Å². The Morgan fingerprint density at radius 1 is 1.31 bits per heavy atom. The largest absolute Gasteiger partial charge is 0.465 e. The van der Waals surface area contributed by atoms with E-state index in [9.17, 15) is 4.79 Å². The maximum atomic E-state index is 11.0. The number of carbonyl (C=O) groups is 1. The van der Waals surface area contributed by atoms with Gasteiger partial charge in [-0.2, -0.15) is 0 Å². The summed E-state index contributed by atoms with van der Waals surface area (Å²) >= 11 is 0. The van der Waals surface area contributed by atoms with Crippen molar-refractivity contribution in [2.24, 2.45) is 5.73 Å². The van der Waals surface area contributed by atoms with Crippen molar-refractivity contribution >= 4 is 5.97 Å². The van der Waals surface area contributed by atoms with Crippen molar-refractivity contribution in [3.8, 4) is 0 Å². The lowest BCUT2D eigenvalue weighted by atomic mass is 10.1.